The molecule has 0 saturated carbocycles. The van der Waals surface area contributed by atoms with Crippen LogP contribution in [0.1, 0.15) is 0 Å². The minimum absolute atomic E-state index is 0.310. The molecule has 0 amide bonds. The van der Waals surface area contributed by atoms with Gasteiger partial charge in [0.15, 0.2) is 0 Å². The van der Waals surface area contributed by atoms with Crippen molar-refractivity contribution in [3.8, 4) is 5.69 Å². The summed E-state index contributed by atoms with van der Waals surface area (Å²) in [7, 11) is 0. The van der Waals surface area contributed by atoms with Crippen LogP contribution >= 0.6 is 11.8 Å². The second-order valence-corrected chi connectivity index (χ2v) is 4.96. The van der Waals surface area contributed by atoms with E-state index in [9.17, 15) is 4.39 Å². The van der Waals surface area contributed by atoms with Crippen molar-refractivity contribution in [3.63, 3.8) is 0 Å². The quantitative estimate of drug-likeness (QED) is 0.727. The number of aromatic nitrogens is 2. The van der Waals surface area contributed by atoms with Gasteiger partial charge < -0.3 is 5.73 Å². The van der Waals surface area contributed by atoms with Crippen LogP contribution in [0.3, 0.4) is 0 Å². The van der Waals surface area contributed by atoms with E-state index in [1.165, 1.54) is 12.1 Å². The number of rotatable bonds is 2. The van der Waals surface area contributed by atoms with Crippen LogP contribution in [-0.2, 0) is 0 Å². The maximum absolute atomic E-state index is 13.2. The number of nitrogens with two attached hydrogens (primary N) is 1. The number of nitrogens with zero attached hydrogens (tertiary/aromatic N) is 2. The summed E-state index contributed by atoms with van der Waals surface area (Å²) in [6.07, 6.45) is 2.01. The Morgan fingerprint density at radius 2 is 2.00 bits per heavy atom. The highest BCUT2D eigenvalue weighted by molar-refractivity contribution is 7.98. The van der Waals surface area contributed by atoms with Crippen LogP contribution in [0.25, 0.3) is 16.7 Å². The Balaban J connectivity index is 2.33. The normalized spacial score (nSPS) is 11.1. The van der Waals surface area contributed by atoms with Crippen LogP contribution in [0.5, 0.6) is 0 Å². The molecule has 0 saturated heterocycles. The lowest BCUT2D eigenvalue weighted by molar-refractivity contribution is 0.629. The lowest BCUT2D eigenvalue weighted by atomic mass is 10.2. The van der Waals surface area contributed by atoms with Crippen molar-refractivity contribution >= 4 is 28.7 Å². The lowest BCUT2D eigenvalue weighted by Crippen LogP contribution is -2.01. The highest BCUT2D eigenvalue weighted by Crippen LogP contribution is 2.29. The number of nitrogen functional groups attached to an aromatic ring is 1. The van der Waals surface area contributed by atoms with Crippen molar-refractivity contribution in [2.24, 2.45) is 0 Å². The van der Waals surface area contributed by atoms with E-state index in [1.54, 1.807) is 17.8 Å². The van der Waals surface area contributed by atoms with E-state index in [-0.39, 0.29) is 5.82 Å². The summed E-state index contributed by atoms with van der Waals surface area (Å²) in [6.45, 7) is 0. The van der Waals surface area contributed by atoms with E-state index >= 15 is 0 Å². The average Bonchev–Trinajstić information content (AvgIpc) is 2.73. The molecular weight excluding hydrogens is 261 g/mol. The van der Waals surface area contributed by atoms with Crippen molar-refractivity contribution in [3.05, 3.63) is 48.3 Å². The molecule has 0 unspecified atom stereocenters. The molecule has 2 N–H and O–H groups in total. The average molecular weight is 273 g/mol. The number of benzene rings is 2. The smallest absolute Gasteiger partial charge is 0.205 e. The van der Waals surface area contributed by atoms with Crippen LogP contribution in [0, 0.1) is 5.82 Å². The second kappa shape index (κ2) is 4.59. The molecule has 1 aromatic heterocycles. The van der Waals surface area contributed by atoms with Crippen molar-refractivity contribution in [2.75, 3.05) is 12.0 Å². The van der Waals surface area contributed by atoms with Crippen molar-refractivity contribution in [2.45, 2.75) is 4.90 Å². The summed E-state index contributed by atoms with van der Waals surface area (Å²) in [5.41, 5.74) is 8.31. The van der Waals surface area contributed by atoms with E-state index in [1.807, 2.05) is 35.1 Å². The predicted octanol–water partition coefficient (Wildman–Crippen LogP) is 3.47. The third kappa shape index (κ3) is 1.96. The molecule has 3 rings (SSSR count). The van der Waals surface area contributed by atoms with Crippen molar-refractivity contribution in [1.29, 1.82) is 0 Å². The molecule has 0 aliphatic carbocycles. The summed E-state index contributed by atoms with van der Waals surface area (Å²) in [4.78, 5) is 5.31. The van der Waals surface area contributed by atoms with Crippen LogP contribution in [0.4, 0.5) is 10.3 Å². The Hall–Kier alpha value is -2.01. The molecule has 2 aromatic carbocycles. The summed E-state index contributed by atoms with van der Waals surface area (Å²) in [5.74, 6) is 0.0531. The van der Waals surface area contributed by atoms with Gasteiger partial charge in [-0.15, -0.1) is 11.8 Å². The van der Waals surface area contributed by atoms with Gasteiger partial charge in [0.05, 0.1) is 16.7 Å². The summed E-state index contributed by atoms with van der Waals surface area (Å²) >= 11 is 1.64. The number of hydrogen-bond acceptors (Lipinski definition) is 3. The monoisotopic (exact) mass is 273 g/mol. The molecule has 1 heterocycles. The molecule has 0 radical (unpaired) electrons. The van der Waals surface area contributed by atoms with Gasteiger partial charge in [0.2, 0.25) is 5.95 Å². The molecule has 96 valence electrons. The maximum atomic E-state index is 13.2. The van der Waals surface area contributed by atoms with Gasteiger partial charge in [0.25, 0.3) is 0 Å². The lowest BCUT2D eigenvalue weighted by Gasteiger charge is -2.10. The van der Waals surface area contributed by atoms with Gasteiger partial charge in [0.1, 0.15) is 5.82 Å². The van der Waals surface area contributed by atoms with Crippen LogP contribution in [-0.4, -0.2) is 15.8 Å². The van der Waals surface area contributed by atoms with Gasteiger partial charge in [-0.3, -0.25) is 4.57 Å². The van der Waals surface area contributed by atoms with Gasteiger partial charge in [-0.05, 0) is 30.5 Å². The molecule has 3 nitrogen and oxygen atoms in total. The number of para-hydroxylation sites is 1. The number of halogens is 1. The Morgan fingerprint density at radius 3 is 2.79 bits per heavy atom. The van der Waals surface area contributed by atoms with Crippen LogP contribution in [0.2, 0.25) is 0 Å². The Bertz CT molecular complexity index is 752. The predicted molar refractivity (Wildman–Crippen MR) is 77.2 cm³/mol. The first-order chi connectivity index (χ1) is 9.20. The highest BCUT2D eigenvalue weighted by atomic mass is 32.2. The molecule has 5 heteroatoms. The number of thioether (sulfide) groups is 1. The first-order valence-electron chi connectivity index (χ1n) is 5.77. The molecule has 0 aliphatic rings. The standard InChI is InChI=1S/C14H12FN3S/c1-19-13-5-3-2-4-12(13)18-11-7-6-9(15)8-10(11)17-14(18)16/h2-8H,1H3,(H2,16,17). The molecule has 0 bridgehead atoms. The van der Waals surface area contributed by atoms with Gasteiger partial charge in [-0.2, -0.15) is 0 Å². The molecule has 19 heavy (non-hydrogen) atoms. The Labute approximate surface area is 114 Å². The topological polar surface area (TPSA) is 43.8 Å². The zero-order valence-corrected chi connectivity index (χ0v) is 11.1. The molecule has 0 aliphatic heterocycles. The minimum atomic E-state index is -0.310. The van der Waals surface area contributed by atoms with Crippen molar-refractivity contribution < 1.29 is 4.39 Å². The maximum Gasteiger partial charge on any atom is 0.205 e. The first-order valence-corrected chi connectivity index (χ1v) is 7.00. The SMILES string of the molecule is CSc1ccccc1-n1c(N)nc2cc(F)ccc21. The Kier molecular flexibility index (Phi) is 2.91. The third-order valence-corrected chi connectivity index (χ3v) is 3.75. The minimum Gasteiger partial charge on any atom is -0.369 e. The van der Waals surface area contributed by atoms with E-state index in [0.717, 1.165) is 16.1 Å². The number of fused-ring (bicyclic) bond motifs is 1. The van der Waals surface area contributed by atoms with Crippen LogP contribution < -0.4 is 5.73 Å². The summed E-state index contributed by atoms with van der Waals surface area (Å²) < 4.78 is 15.1. The van der Waals surface area contributed by atoms with E-state index in [2.05, 4.69) is 4.98 Å². The number of anilines is 1. The fraction of sp³-hybridized carbons (Fsp3) is 0.0714. The molecule has 0 atom stereocenters. The highest BCUT2D eigenvalue weighted by Gasteiger charge is 2.13. The molecular formula is C14H12FN3S. The molecule has 0 spiro atoms. The van der Waals surface area contributed by atoms with Gasteiger partial charge in [-0.1, -0.05) is 12.1 Å². The summed E-state index contributed by atoms with van der Waals surface area (Å²) in [6, 6.07) is 12.4. The van der Waals surface area contributed by atoms with E-state index in [4.69, 9.17) is 5.73 Å². The first kappa shape index (κ1) is 12.0. The third-order valence-electron chi connectivity index (χ3n) is 2.97. The zero-order valence-electron chi connectivity index (χ0n) is 10.3. The van der Waals surface area contributed by atoms with E-state index in [0.29, 0.717) is 11.5 Å². The summed E-state index contributed by atoms with van der Waals surface area (Å²) in [5, 5.41) is 0. The zero-order chi connectivity index (χ0) is 13.4. The fourth-order valence-electron chi connectivity index (χ4n) is 2.14. The van der Waals surface area contributed by atoms with Crippen LogP contribution in [0.15, 0.2) is 47.4 Å². The molecule has 0 fully saturated rings. The molecule has 3 aromatic rings. The second-order valence-electron chi connectivity index (χ2n) is 4.11. The number of hydrogen-bond donors (Lipinski definition) is 1. The van der Waals surface area contributed by atoms with Crippen molar-refractivity contribution in [1.82, 2.24) is 9.55 Å². The van der Waals surface area contributed by atoms with E-state index < -0.39 is 0 Å². The Morgan fingerprint density at radius 1 is 1.21 bits per heavy atom. The fourth-order valence-corrected chi connectivity index (χ4v) is 2.72. The largest absolute Gasteiger partial charge is 0.369 e. The van der Waals surface area contributed by atoms with Gasteiger partial charge in [-0.25, -0.2) is 9.37 Å². The van der Waals surface area contributed by atoms with Gasteiger partial charge >= 0.3 is 0 Å². The number of imidazole rings is 1. The van der Waals surface area contributed by atoms with Gasteiger partial charge in [0, 0.05) is 11.0 Å².